The maximum absolute atomic E-state index is 15.0. The Kier molecular flexibility index (Phi) is 21.4. The van der Waals surface area contributed by atoms with E-state index in [9.17, 15) is 26.3 Å². The molecule has 610 valence electrons. The quantitative estimate of drug-likeness (QED) is 0.0737. The number of hydrogen-bond donors (Lipinski definition) is 0. The predicted octanol–water partition coefficient (Wildman–Crippen LogP) is 24.4. The zero-order valence-corrected chi connectivity index (χ0v) is 69.9. The molecule has 14 nitrogen and oxygen atoms in total. The van der Waals surface area contributed by atoms with Crippen LogP contribution in [0.2, 0.25) is 0 Å². The number of furan rings is 4. The van der Waals surface area contributed by atoms with Crippen molar-refractivity contribution in [2.45, 2.75) is 81.1 Å². The highest BCUT2D eigenvalue weighted by molar-refractivity contribution is 6.12. The van der Waals surface area contributed by atoms with Crippen LogP contribution in [0, 0.1) is 82.8 Å². The molecular weight excluding hydrogens is 1560 g/mol. The summed E-state index contributed by atoms with van der Waals surface area (Å²) >= 11 is 0. The van der Waals surface area contributed by atoms with Crippen LogP contribution < -0.4 is 18.3 Å². The van der Waals surface area contributed by atoms with E-state index in [2.05, 4.69) is 161 Å². The second-order valence-corrected chi connectivity index (χ2v) is 31.8. The van der Waals surface area contributed by atoms with Gasteiger partial charge in [-0.3, -0.25) is 9.97 Å². The van der Waals surface area contributed by atoms with Gasteiger partial charge in [0, 0.05) is 105 Å². The molecule has 0 amide bonds. The number of halogens is 7. The number of aromatic nitrogens is 10. The lowest BCUT2D eigenvalue weighted by atomic mass is 9.94. The Bertz CT molecular complexity index is 7600. The molecule has 0 bridgehead atoms. The summed E-state index contributed by atoms with van der Waals surface area (Å²) < 4.78 is 131. The van der Waals surface area contributed by atoms with Crippen LogP contribution in [-0.4, -0.2) is 29.9 Å². The maximum Gasteiger partial charge on any atom is 0.232 e. The van der Waals surface area contributed by atoms with Crippen molar-refractivity contribution in [3.8, 4) is 89.8 Å². The lowest BCUT2D eigenvalue weighted by Crippen LogP contribution is -2.31. The molecule has 20 aromatic rings. The molecule has 0 aliphatic heterocycles. The SMILES string of the molecule is Cc1c[n+](C)c(-c2c(C)cc(F)c3c2oc2nc(F)ccc23)cc1-c1ccc(C(C)C)cc1.Cc1c[n+](C)c(-c2c(C)ccc3c2oc2nc(F)cc(F)c23)cc1-c1ccc(C(C)C)cc1.Cc1ccc2c(oc3nc(F)cc(F)c32)c1-c1cc(-c2ccccn2)cc[n+]1C.Cc1ccc2c(oc3nc(F)ccc32)c1-c1cc(-c2ccccn2)cc[n+]1C. The van der Waals surface area contributed by atoms with Gasteiger partial charge in [0.1, 0.15) is 45.6 Å². The van der Waals surface area contributed by atoms with Crippen molar-refractivity contribution in [3.63, 3.8) is 0 Å². The third-order valence-corrected chi connectivity index (χ3v) is 22.9. The third kappa shape index (κ3) is 15.2. The van der Waals surface area contributed by atoms with Gasteiger partial charge in [-0.05, 0) is 164 Å². The Balaban J connectivity index is 0.000000117. The first-order valence-electron chi connectivity index (χ1n) is 40.2. The monoisotopic (exact) mass is 1640 g/mol. The molecule has 0 saturated carbocycles. The number of rotatable bonds is 10. The highest BCUT2D eigenvalue weighted by Crippen LogP contribution is 2.45. The third-order valence-electron chi connectivity index (χ3n) is 22.9. The molecule has 0 aliphatic rings. The van der Waals surface area contributed by atoms with Crippen LogP contribution in [0.15, 0.2) is 255 Å². The molecule has 0 fully saturated rings. The fourth-order valence-electron chi connectivity index (χ4n) is 16.5. The Labute approximate surface area is 703 Å². The summed E-state index contributed by atoms with van der Waals surface area (Å²) in [5.41, 5.74) is 26.2. The molecule has 21 heteroatoms. The van der Waals surface area contributed by atoms with Gasteiger partial charge in [0.25, 0.3) is 0 Å². The largest absolute Gasteiger partial charge is 0.437 e. The van der Waals surface area contributed by atoms with E-state index in [4.69, 9.17) is 17.7 Å². The van der Waals surface area contributed by atoms with Gasteiger partial charge in [0.2, 0.25) is 69.4 Å². The van der Waals surface area contributed by atoms with Gasteiger partial charge >= 0.3 is 0 Å². The Hall–Kier alpha value is -14.5. The minimum Gasteiger partial charge on any atom is -0.437 e. The summed E-state index contributed by atoms with van der Waals surface area (Å²) in [4.78, 5) is 24.1. The zero-order valence-electron chi connectivity index (χ0n) is 69.9. The van der Waals surface area contributed by atoms with Crippen LogP contribution in [0.4, 0.5) is 30.7 Å². The number of aryl methyl sites for hydroxylation is 10. The Morgan fingerprint density at radius 3 is 1.09 bits per heavy atom. The molecule has 0 saturated heterocycles. The Morgan fingerprint density at radius 2 is 0.659 bits per heavy atom. The first-order valence-corrected chi connectivity index (χ1v) is 40.2. The number of hydrogen-bond acceptors (Lipinski definition) is 10. The molecule has 0 spiro atoms. The molecular formula is C102H83F7N10O4+4. The van der Waals surface area contributed by atoms with Crippen molar-refractivity contribution in [3.05, 3.63) is 323 Å². The van der Waals surface area contributed by atoms with Crippen LogP contribution in [0.1, 0.15) is 84.0 Å². The minimum atomic E-state index is -0.907. The molecule has 0 N–H and O–H groups in total. The van der Waals surface area contributed by atoms with E-state index in [-0.39, 0.29) is 27.9 Å². The van der Waals surface area contributed by atoms with Crippen molar-refractivity contribution < 1.29 is 66.7 Å². The van der Waals surface area contributed by atoms with E-state index in [0.717, 1.165) is 146 Å². The van der Waals surface area contributed by atoms with Crippen LogP contribution in [-0.2, 0) is 28.2 Å². The summed E-state index contributed by atoms with van der Waals surface area (Å²) in [6.07, 6.45) is 11.6. The van der Waals surface area contributed by atoms with Crippen LogP contribution >= 0.6 is 0 Å². The van der Waals surface area contributed by atoms with Crippen molar-refractivity contribution in [2.75, 3.05) is 0 Å². The molecule has 14 aromatic heterocycles. The van der Waals surface area contributed by atoms with Crippen molar-refractivity contribution >= 4 is 88.3 Å². The van der Waals surface area contributed by atoms with Gasteiger partial charge in [0.05, 0.1) is 55.2 Å². The van der Waals surface area contributed by atoms with Crippen molar-refractivity contribution in [1.29, 1.82) is 0 Å². The predicted molar refractivity (Wildman–Crippen MR) is 466 cm³/mol. The smallest absolute Gasteiger partial charge is 0.232 e. The topological polar surface area (TPSA) is 145 Å². The van der Waals surface area contributed by atoms with E-state index >= 15 is 4.39 Å². The Morgan fingerprint density at radius 1 is 0.293 bits per heavy atom. The first kappa shape index (κ1) is 80.9. The van der Waals surface area contributed by atoms with Crippen LogP contribution in [0.5, 0.6) is 0 Å². The molecule has 0 atom stereocenters. The molecule has 0 aliphatic carbocycles. The van der Waals surface area contributed by atoms with Gasteiger partial charge in [0.15, 0.2) is 47.1 Å². The fourth-order valence-corrected chi connectivity index (χ4v) is 16.5. The van der Waals surface area contributed by atoms with E-state index < -0.39 is 41.2 Å². The van der Waals surface area contributed by atoms with Crippen LogP contribution in [0.25, 0.3) is 178 Å². The molecule has 20 rings (SSSR count). The van der Waals surface area contributed by atoms with Gasteiger partial charge in [-0.15, -0.1) is 0 Å². The van der Waals surface area contributed by atoms with E-state index in [1.165, 1.54) is 35.4 Å². The highest BCUT2D eigenvalue weighted by Gasteiger charge is 2.31. The summed E-state index contributed by atoms with van der Waals surface area (Å²) in [5, 5.41) is 4.05. The molecule has 0 radical (unpaired) electrons. The highest BCUT2D eigenvalue weighted by atomic mass is 19.2. The number of nitrogens with zero attached hydrogens (tertiary/aromatic N) is 10. The molecule has 0 unspecified atom stereocenters. The summed E-state index contributed by atoms with van der Waals surface area (Å²) in [5.74, 6) is -3.85. The normalized spacial score (nSPS) is 11.6. The number of pyridine rings is 10. The second kappa shape index (κ2) is 32.6. The standard InChI is InChI=1S/2C28H25F2N2O.C23H16F2N3O.C23H17FN3O/c1-15(2)18-7-9-19(10-8-18)21-12-23(32(5)14-17(21)4)25-16(3)6-11-20-26-22(29)13-24(30)31-28(26)33-27(20)25;1-15(2)18-6-8-19(9-7-18)21-13-23(32(5)14-17(21)4)25-16(3)12-22(29)26-20-10-11-24(30)31-28(20)33-27(25)26;1-13-6-7-15-21-16(24)12-19(25)27-23(21)29-22(15)20(13)18-11-14(8-10-28(18)2)17-5-3-4-9-26-17;1-14-6-7-16-17-8-9-20(24)26-23(17)28-22(16)21(14)19-13-15(10-12-27(19)2)18-5-3-4-11-25-18/h2*6-15H,1-5H3;3-12H,1-2H3;3-13H,1-2H3/q4*+1. The second-order valence-electron chi connectivity index (χ2n) is 31.8. The summed E-state index contributed by atoms with van der Waals surface area (Å²) in [6, 6.07) is 61.6. The van der Waals surface area contributed by atoms with Gasteiger partial charge in [-0.25, -0.2) is 31.4 Å². The minimum absolute atomic E-state index is 0.0337. The lowest BCUT2D eigenvalue weighted by molar-refractivity contribution is -0.660. The summed E-state index contributed by atoms with van der Waals surface area (Å²) in [7, 11) is 7.87. The van der Waals surface area contributed by atoms with E-state index in [0.29, 0.717) is 61.4 Å². The average molecular weight is 1650 g/mol. The molecule has 14 heterocycles. The molecule has 6 aromatic carbocycles. The van der Waals surface area contributed by atoms with Gasteiger partial charge < -0.3 is 17.7 Å². The number of fused-ring (bicyclic) bond motifs is 12. The number of benzene rings is 6. The van der Waals surface area contributed by atoms with Gasteiger partial charge in [-0.2, -0.15) is 37.5 Å². The van der Waals surface area contributed by atoms with E-state index in [1.807, 2.05) is 161 Å². The lowest BCUT2D eigenvalue weighted by Gasteiger charge is -2.12. The van der Waals surface area contributed by atoms with Crippen molar-refractivity contribution in [2.24, 2.45) is 28.2 Å². The summed E-state index contributed by atoms with van der Waals surface area (Å²) in [6.45, 7) is 20.7. The van der Waals surface area contributed by atoms with E-state index in [1.54, 1.807) is 24.5 Å². The van der Waals surface area contributed by atoms with Gasteiger partial charge in [-0.1, -0.05) is 125 Å². The fraction of sp³-hybridized carbons (Fsp3) is 0.157. The zero-order chi connectivity index (χ0) is 86.2. The maximum atomic E-state index is 15.0. The van der Waals surface area contributed by atoms with Crippen LogP contribution in [0.3, 0.4) is 0 Å². The first-order chi connectivity index (χ1) is 59.1. The molecule has 123 heavy (non-hydrogen) atoms. The average Bonchev–Trinajstić information content (AvgIpc) is 1.62. The van der Waals surface area contributed by atoms with Crippen molar-refractivity contribution in [1.82, 2.24) is 29.9 Å².